The number of nitrogens with one attached hydrogen (secondary N) is 1. The Labute approximate surface area is 186 Å². The smallest absolute Gasteiger partial charge is 0.256 e. The topological polar surface area (TPSA) is 50.8 Å². The van der Waals surface area contributed by atoms with Gasteiger partial charge in [-0.1, -0.05) is 23.2 Å². The van der Waals surface area contributed by atoms with Crippen molar-refractivity contribution in [2.24, 2.45) is 5.92 Å². The molecule has 0 aromatic heterocycles. The molecule has 1 aliphatic heterocycles. The number of alkyl halides is 1. The maximum atomic E-state index is 14.7. The Morgan fingerprint density at radius 3 is 2.57 bits per heavy atom. The second-order valence-corrected chi connectivity index (χ2v) is 7.99. The minimum absolute atomic E-state index is 0.166. The van der Waals surface area contributed by atoms with E-state index in [0.717, 1.165) is 17.9 Å². The third-order valence-electron chi connectivity index (χ3n) is 5.11. The van der Waals surface area contributed by atoms with Crippen molar-refractivity contribution in [1.29, 1.82) is 0 Å². The van der Waals surface area contributed by atoms with Crippen LogP contribution in [0, 0.1) is 5.92 Å². The first-order valence-corrected chi connectivity index (χ1v) is 10.6. The number of carbonyl (C=O) groups excluding carboxylic acids is 1. The zero-order chi connectivity index (χ0) is 21.5. The van der Waals surface area contributed by atoms with E-state index in [1.165, 1.54) is 11.0 Å². The number of benzene rings is 2. The fraction of sp³-hybridized carbons (Fsp3) is 0.409. The van der Waals surface area contributed by atoms with Crippen molar-refractivity contribution in [3.05, 3.63) is 58.1 Å². The van der Waals surface area contributed by atoms with Gasteiger partial charge in [0.2, 0.25) is 0 Å². The highest BCUT2D eigenvalue weighted by Gasteiger charge is 2.32. The summed E-state index contributed by atoms with van der Waals surface area (Å²) < 4.78 is 25.4. The van der Waals surface area contributed by atoms with Crippen molar-refractivity contribution in [3.63, 3.8) is 0 Å². The van der Waals surface area contributed by atoms with Crippen molar-refractivity contribution in [1.82, 2.24) is 10.2 Å². The SMILES string of the molecule is COc1ccc(OCCNCC2CCN(C(=O)c3ccc(Cl)c(Cl)c3)C(F)C2)cc1. The molecular weight excluding hydrogens is 430 g/mol. The highest BCUT2D eigenvalue weighted by molar-refractivity contribution is 6.42. The van der Waals surface area contributed by atoms with Crippen molar-refractivity contribution in [2.75, 3.05) is 33.4 Å². The van der Waals surface area contributed by atoms with Crippen LogP contribution in [0.25, 0.3) is 0 Å². The van der Waals surface area contributed by atoms with E-state index in [-0.39, 0.29) is 16.8 Å². The van der Waals surface area contributed by atoms with Crippen LogP contribution in [0.2, 0.25) is 10.0 Å². The first-order valence-electron chi connectivity index (χ1n) is 9.85. The third-order valence-corrected chi connectivity index (χ3v) is 5.85. The lowest BCUT2D eigenvalue weighted by Gasteiger charge is -2.35. The van der Waals surface area contributed by atoms with Gasteiger partial charge >= 0.3 is 0 Å². The van der Waals surface area contributed by atoms with Crippen LogP contribution in [-0.2, 0) is 0 Å². The Bertz CT molecular complexity index is 851. The molecule has 2 unspecified atom stereocenters. The summed E-state index contributed by atoms with van der Waals surface area (Å²) in [5, 5.41) is 3.96. The quantitative estimate of drug-likeness (QED) is 0.458. The maximum Gasteiger partial charge on any atom is 0.256 e. The van der Waals surface area contributed by atoms with Crippen LogP contribution in [0.1, 0.15) is 23.2 Å². The van der Waals surface area contributed by atoms with E-state index in [0.29, 0.717) is 43.2 Å². The van der Waals surface area contributed by atoms with Crippen LogP contribution in [0.3, 0.4) is 0 Å². The Morgan fingerprint density at radius 1 is 1.17 bits per heavy atom. The fourth-order valence-electron chi connectivity index (χ4n) is 3.41. The van der Waals surface area contributed by atoms with Crippen LogP contribution >= 0.6 is 23.2 Å². The Balaban J connectivity index is 1.38. The normalized spacial score (nSPS) is 18.9. The molecule has 0 saturated carbocycles. The van der Waals surface area contributed by atoms with Gasteiger partial charge in [-0.2, -0.15) is 0 Å². The molecule has 1 heterocycles. The molecule has 0 radical (unpaired) electrons. The van der Waals surface area contributed by atoms with Gasteiger partial charge in [0.25, 0.3) is 5.91 Å². The lowest BCUT2D eigenvalue weighted by molar-refractivity contribution is 0.0191. The summed E-state index contributed by atoms with van der Waals surface area (Å²) >= 11 is 11.9. The van der Waals surface area contributed by atoms with E-state index in [4.69, 9.17) is 32.7 Å². The molecule has 0 spiro atoms. The summed E-state index contributed by atoms with van der Waals surface area (Å²) in [6, 6.07) is 12.0. The first-order chi connectivity index (χ1) is 14.5. The number of ether oxygens (including phenoxy) is 2. The molecule has 162 valence electrons. The monoisotopic (exact) mass is 454 g/mol. The first kappa shape index (κ1) is 22.7. The van der Waals surface area contributed by atoms with Gasteiger partial charge in [-0.05, 0) is 61.3 Å². The second-order valence-electron chi connectivity index (χ2n) is 7.18. The van der Waals surface area contributed by atoms with Crippen LogP contribution in [0.5, 0.6) is 11.5 Å². The van der Waals surface area contributed by atoms with Crippen LogP contribution in [0.15, 0.2) is 42.5 Å². The molecule has 30 heavy (non-hydrogen) atoms. The minimum Gasteiger partial charge on any atom is -0.497 e. The van der Waals surface area contributed by atoms with E-state index in [1.807, 2.05) is 24.3 Å². The van der Waals surface area contributed by atoms with Crippen molar-refractivity contribution >= 4 is 29.1 Å². The van der Waals surface area contributed by atoms with Crippen molar-refractivity contribution in [3.8, 4) is 11.5 Å². The number of piperidine rings is 1. The lowest BCUT2D eigenvalue weighted by Crippen LogP contribution is -2.45. The van der Waals surface area contributed by atoms with Gasteiger partial charge in [0.1, 0.15) is 18.1 Å². The molecule has 1 fully saturated rings. The summed E-state index contributed by atoms with van der Waals surface area (Å²) in [4.78, 5) is 13.9. The number of hydrogen-bond acceptors (Lipinski definition) is 4. The van der Waals surface area contributed by atoms with Gasteiger partial charge in [-0.25, -0.2) is 4.39 Å². The summed E-state index contributed by atoms with van der Waals surface area (Å²) in [7, 11) is 1.62. The zero-order valence-corrected chi connectivity index (χ0v) is 18.3. The molecule has 1 amide bonds. The molecule has 2 aromatic rings. The summed E-state index contributed by atoms with van der Waals surface area (Å²) in [6.07, 6.45) is -0.276. The average molecular weight is 455 g/mol. The maximum absolute atomic E-state index is 14.7. The molecule has 1 aliphatic rings. The van der Waals surface area contributed by atoms with E-state index >= 15 is 0 Å². The minimum atomic E-state index is -1.32. The van der Waals surface area contributed by atoms with Crippen LogP contribution in [-0.4, -0.2) is 50.5 Å². The number of likely N-dealkylation sites (tertiary alicyclic amines) is 1. The molecule has 2 atom stereocenters. The molecule has 0 bridgehead atoms. The second kappa shape index (κ2) is 10.8. The predicted molar refractivity (Wildman–Crippen MR) is 116 cm³/mol. The van der Waals surface area contributed by atoms with Gasteiger partial charge < -0.3 is 19.7 Å². The van der Waals surface area contributed by atoms with Crippen molar-refractivity contribution < 1.29 is 18.7 Å². The van der Waals surface area contributed by atoms with E-state index in [2.05, 4.69) is 5.32 Å². The number of hydrogen-bond donors (Lipinski definition) is 1. The predicted octanol–water partition coefficient (Wildman–Crippen LogP) is 4.82. The zero-order valence-electron chi connectivity index (χ0n) is 16.7. The third kappa shape index (κ3) is 6.00. The molecule has 8 heteroatoms. The van der Waals surface area contributed by atoms with Gasteiger partial charge in [-0.3, -0.25) is 4.79 Å². The highest BCUT2D eigenvalue weighted by atomic mass is 35.5. The highest BCUT2D eigenvalue weighted by Crippen LogP contribution is 2.27. The molecular formula is C22H25Cl2FN2O3. The molecule has 3 rings (SSSR count). The Kier molecular flexibility index (Phi) is 8.19. The number of rotatable bonds is 8. The van der Waals surface area contributed by atoms with E-state index in [1.54, 1.807) is 19.2 Å². The molecule has 1 N–H and O–H groups in total. The van der Waals surface area contributed by atoms with Gasteiger partial charge in [0, 0.05) is 25.1 Å². The fourth-order valence-corrected chi connectivity index (χ4v) is 3.71. The average Bonchev–Trinajstić information content (AvgIpc) is 2.75. The standard InChI is InChI=1S/C22H25Cl2FN2O3/c1-29-17-3-5-18(6-4-17)30-11-9-26-14-15-8-10-27(21(25)12-15)22(28)16-2-7-19(23)20(24)13-16/h2-7,13,15,21,26H,8-12,14H2,1H3. The largest absolute Gasteiger partial charge is 0.497 e. The van der Waals surface area contributed by atoms with E-state index in [9.17, 15) is 9.18 Å². The summed E-state index contributed by atoms with van der Waals surface area (Å²) in [5.74, 6) is 1.36. The van der Waals surface area contributed by atoms with Gasteiger partial charge in [-0.15, -0.1) is 0 Å². The van der Waals surface area contributed by atoms with E-state index < -0.39 is 6.30 Å². The lowest BCUT2D eigenvalue weighted by atomic mass is 9.95. The number of carbonyl (C=O) groups is 1. The summed E-state index contributed by atoms with van der Waals surface area (Å²) in [5.41, 5.74) is 0.347. The van der Waals surface area contributed by atoms with Crippen LogP contribution < -0.4 is 14.8 Å². The number of halogens is 3. The molecule has 0 aliphatic carbocycles. The summed E-state index contributed by atoms with van der Waals surface area (Å²) in [6.45, 7) is 2.22. The Morgan fingerprint density at radius 2 is 1.90 bits per heavy atom. The van der Waals surface area contributed by atoms with Crippen molar-refractivity contribution in [2.45, 2.75) is 19.1 Å². The number of methoxy groups -OCH3 is 1. The van der Waals surface area contributed by atoms with Gasteiger partial charge in [0.15, 0.2) is 6.30 Å². The van der Waals surface area contributed by atoms with Crippen LogP contribution in [0.4, 0.5) is 4.39 Å². The number of amides is 1. The molecule has 5 nitrogen and oxygen atoms in total. The molecule has 1 saturated heterocycles. The Hall–Kier alpha value is -2.02. The number of nitrogens with zero attached hydrogens (tertiary/aromatic N) is 1. The van der Waals surface area contributed by atoms with Gasteiger partial charge in [0.05, 0.1) is 17.2 Å². The molecule has 2 aromatic carbocycles.